The van der Waals surface area contributed by atoms with Gasteiger partial charge in [0.15, 0.2) is 5.82 Å². The lowest BCUT2D eigenvalue weighted by Crippen LogP contribution is -1.96. The third kappa shape index (κ3) is 1.74. The first-order chi connectivity index (χ1) is 6.38. The normalized spacial score (nSPS) is 10.5. The van der Waals surface area contributed by atoms with E-state index in [1.807, 2.05) is 17.7 Å². The van der Waals surface area contributed by atoms with Gasteiger partial charge in [0.25, 0.3) is 0 Å². The van der Waals surface area contributed by atoms with Crippen LogP contribution in [0.1, 0.15) is 18.6 Å². The van der Waals surface area contributed by atoms with Gasteiger partial charge in [-0.2, -0.15) is 4.98 Å². The molecule has 0 unspecified atom stereocenters. The van der Waals surface area contributed by atoms with Crippen LogP contribution in [0.15, 0.2) is 23.2 Å². The molecule has 13 heavy (non-hydrogen) atoms. The fourth-order valence-corrected chi connectivity index (χ4v) is 1.03. The van der Waals surface area contributed by atoms with Crippen molar-refractivity contribution in [1.82, 2.24) is 19.7 Å². The average Bonchev–Trinajstić information content (AvgIpc) is 2.76. The second-order valence-corrected chi connectivity index (χ2v) is 2.69. The second-order valence-electron chi connectivity index (χ2n) is 2.69. The summed E-state index contributed by atoms with van der Waals surface area (Å²) in [5, 5.41) is 3.80. The fourth-order valence-electron chi connectivity index (χ4n) is 1.03. The molecule has 0 aliphatic heterocycles. The van der Waals surface area contributed by atoms with E-state index in [9.17, 15) is 0 Å². The van der Waals surface area contributed by atoms with Gasteiger partial charge < -0.3 is 9.09 Å². The molecule has 2 rings (SSSR count). The van der Waals surface area contributed by atoms with Crippen molar-refractivity contribution in [3.63, 3.8) is 0 Å². The van der Waals surface area contributed by atoms with Crippen LogP contribution in [0.4, 0.5) is 0 Å². The first-order valence-electron chi connectivity index (χ1n) is 4.15. The van der Waals surface area contributed by atoms with E-state index in [-0.39, 0.29) is 0 Å². The molecule has 2 aromatic rings. The predicted octanol–water partition coefficient (Wildman–Crippen LogP) is 0.877. The highest BCUT2D eigenvalue weighted by Crippen LogP contribution is 2.00. The Morgan fingerprint density at radius 1 is 1.54 bits per heavy atom. The molecule has 0 atom stereocenters. The first-order valence-corrected chi connectivity index (χ1v) is 4.15. The third-order valence-corrected chi connectivity index (χ3v) is 1.70. The summed E-state index contributed by atoms with van der Waals surface area (Å²) < 4.78 is 6.90. The minimum atomic E-state index is 0.590. The van der Waals surface area contributed by atoms with Crippen LogP contribution in [0, 0.1) is 0 Å². The van der Waals surface area contributed by atoms with Crippen LogP contribution < -0.4 is 0 Å². The summed E-state index contributed by atoms with van der Waals surface area (Å²) in [5.74, 6) is 1.37. The largest absolute Gasteiger partial charge is 0.337 e. The van der Waals surface area contributed by atoms with Crippen molar-refractivity contribution in [1.29, 1.82) is 0 Å². The Morgan fingerprint density at radius 2 is 2.46 bits per heavy atom. The summed E-state index contributed by atoms with van der Waals surface area (Å²) >= 11 is 0. The highest BCUT2D eigenvalue weighted by atomic mass is 16.5. The highest BCUT2D eigenvalue weighted by molar-refractivity contribution is 4.88. The van der Waals surface area contributed by atoms with Gasteiger partial charge in [0.1, 0.15) is 6.54 Å². The van der Waals surface area contributed by atoms with Crippen LogP contribution in [-0.4, -0.2) is 19.7 Å². The lowest BCUT2D eigenvalue weighted by atomic mass is 10.5. The number of aromatic nitrogens is 4. The summed E-state index contributed by atoms with van der Waals surface area (Å²) in [5.41, 5.74) is 0. The van der Waals surface area contributed by atoms with Gasteiger partial charge in [0.2, 0.25) is 5.89 Å². The molecule has 68 valence electrons. The molecule has 2 heterocycles. The number of nitrogens with zero attached hydrogens (tertiary/aromatic N) is 4. The molecule has 0 N–H and O–H groups in total. The quantitative estimate of drug-likeness (QED) is 0.700. The summed E-state index contributed by atoms with van der Waals surface area (Å²) in [7, 11) is 0. The Hall–Kier alpha value is -1.65. The molecular weight excluding hydrogens is 168 g/mol. The van der Waals surface area contributed by atoms with Crippen LogP contribution in [0.2, 0.25) is 0 Å². The Kier molecular flexibility index (Phi) is 2.08. The zero-order valence-corrected chi connectivity index (χ0v) is 7.34. The molecular formula is C8H10N4O. The van der Waals surface area contributed by atoms with Gasteiger partial charge in [-0.25, -0.2) is 4.98 Å². The van der Waals surface area contributed by atoms with Crippen molar-refractivity contribution in [3.8, 4) is 0 Å². The number of imidazole rings is 1. The van der Waals surface area contributed by atoms with E-state index in [0.717, 1.165) is 12.2 Å². The molecule has 2 aromatic heterocycles. The standard InChI is InChI=1S/C8H10N4O/c1-2-7-10-8(13-11-7)5-12-4-3-9-6-12/h3-4,6H,2,5H2,1H3. The molecule has 0 aromatic carbocycles. The summed E-state index contributed by atoms with van der Waals surface area (Å²) in [6.45, 7) is 2.58. The Morgan fingerprint density at radius 3 is 3.08 bits per heavy atom. The van der Waals surface area contributed by atoms with E-state index >= 15 is 0 Å². The Bertz CT molecular complexity index is 365. The maximum atomic E-state index is 5.02. The molecule has 0 amide bonds. The summed E-state index contributed by atoms with van der Waals surface area (Å²) in [6, 6.07) is 0. The maximum Gasteiger partial charge on any atom is 0.246 e. The van der Waals surface area contributed by atoms with Gasteiger partial charge in [-0.15, -0.1) is 0 Å². The van der Waals surface area contributed by atoms with Gasteiger partial charge in [-0.3, -0.25) is 0 Å². The molecule has 0 saturated heterocycles. The van der Waals surface area contributed by atoms with Gasteiger partial charge in [-0.05, 0) is 0 Å². The smallest absolute Gasteiger partial charge is 0.246 e. The van der Waals surface area contributed by atoms with Crippen LogP contribution in [-0.2, 0) is 13.0 Å². The van der Waals surface area contributed by atoms with E-state index in [1.165, 1.54) is 0 Å². The van der Waals surface area contributed by atoms with Crippen LogP contribution in [0.25, 0.3) is 0 Å². The molecule has 0 bridgehead atoms. The minimum Gasteiger partial charge on any atom is -0.337 e. The molecule has 0 spiro atoms. The van der Waals surface area contributed by atoms with E-state index in [2.05, 4.69) is 15.1 Å². The van der Waals surface area contributed by atoms with Crippen molar-refractivity contribution in [2.75, 3.05) is 0 Å². The third-order valence-electron chi connectivity index (χ3n) is 1.70. The first kappa shape index (κ1) is 7.97. The number of aryl methyl sites for hydroxylation is 1. The van der Waals surface area contributed by atoms with Crippen molar-refractivity contribution < 1.29 is 4.52 Å². The summed E-state index contributed by atoms with van der Waals surface area (Å²) in [6.07, 6.45) is 6.09. The molecule has 0 fully saturated rings. The van der Waals surface area contributed by atoms with Crippen molar-refractivity contribution >= 4 is 0 Å². The highest BCUT2D eigenvalue weighted by Gasteiger charge is 2.03. The fraction of sp³-hybridized carbons (Fsp3) is 0.375. The Labute approximate surface area is 75.4 Å². The van der Waals surface area contributed by atoms with E-state index < -0.39 is 0 Å². The lowest BCUT2D eigenvalue weighted by Gasteiger charge is -1.93. The van der Waals surface area contributed by atoms with Crippen LogP contribution in [0.3, 0.4) is 0 Å². The van der Waals surface area contributed by atoms with Crippen molar-refractivity contribution in [2.45, 2.75) is 19.9 Å². The minimum absolute atomic E-state index is 0.590. The van der Waals surface area contributed by atoms with Crippen molar-refractivity contribution in [3.05, 3.63) is 30.4 Å². The average molecular weight is 178 g/mol. The van der Waals surface area contributed by atoms with Gasteiger partial charge in [0.05, 0.1) is 6.33 Å². The zero-order valence-electron chi connectivity index (χ0n) is 7.34. The predicted molar refractivity (Wildman–Crippen MR) is 45.0 cm³/mol. The SMILES string of the molecule is CCc1noc(Cn2ccnc2)n1. The number of hydrogen-bond acceptors (Lipinski definition) is 4. The zero-order chi connectivity index (χ0) is 9.10. The number of rotatable bonds is 3. The van der Waals surface area contributed by atoms with Crippen molar-refractivity contribution in [2.24, 2.45) is 0 Å². The van der Waals surface area contributed by atoms with Gasteiger partial charge >= 0.3 is 0 Å². The van der Waals surface area contributed by atoms with Gasteiger partial charge in [-0.1, -0.05) is 12.1 Å². The number of hydrogen-bond donors (Lipinski definition) is 0. The maximum absolute atomic E-state index is 5.02. The topological polar surface area (TPSA) is 56.7 Å². The Balaban J connectivity index is 2.10. The second kappa shape index (κ2) is 3.38. The van der Waals surface area contributed by atoms with Gasteiger partial charge in [0, 0.05) is 18.8 Å². The van der Waals surface area contributed by atoms with E-state index in [0.29, 0.717) is 12.4 Å². The molecule has 0 saturated carbocycles. The van der Waals surface area contributed by atoms with Crippen LogP contribution >= 0.6 is 0 Å². The monoisotopic (exact) mass is 178 g/mol. The van der Waals surface area contributed by atoms with Crippen LogP contribution in [0.5, 0.6) is 0 Å². The molecule has 0 radical (unpaired) electrons. The molecule has 0 aliphatic carbocycles. The van der Waals surface area contributed by atoms with E-state index in [1.54, 1.807) is 12.5 Å². The molecule has 5 heteroatoms. The summed E-state index contributed by atoms with van der Waals surface area (Å²) in [4.78, 5) is 8.10. The molecule has 5 nitrogen and oxygen atoms in total. The molecule has 0 aliphatic rings. The lowest BCUT2D eigenvalue weighted by molar-refractivity contribution is 0.366. The van der Waals surface area contributed by atoms with E-state index in [4.69, 9.17) is 4.52 Å².